The molecule has 32 heavy (non-hydrogen) atoms. The van der Waals surface area contributed by atoms with Crippen LogP contribution in [0, 0.1) is 26.6 Å². The van der Waals surface area contributed by atoms with Gasteiger partial charge in [0, 0.05) is 23.0 Å². The number of carbonyl (C=O) groups is 1. The summed E-state index contributed by atoms with van der Waals surface area (Å²) in [5.41, 5.74) is 4.65. The van der Waals surface area contributed by atoms with Crippen LogP contribution in [0.3, 0.4) is 0 Å². The number of fused-ring (bicyclic) bond motifs is 1. The Labute approximate surface area is 187 Å². The van der Waals surface area contributed by atoms with Crippen LogP contribution >= 0.6 is 0 Å². The molecule has 2 heterocycles. The summed E-state index contributed by atoms with van der Waals surface area (Å²) < 4.78 is 28.8. The van der Waals surface area contributed by atoms with Crippen molar-refractivity contribution >= 4 is 39.4 Å². The van der Waals surface area contributed by atoms with E-state index in [4.69, 9.17) is 0 Å². The number of hydrogen-bond acceptors (Lipinski definition) is 4. The van der Waals surface area contributed by atoms with Crippen molar-refractivity contribution in [3.8, 4) is 0 Å². The summed E-state index contributed by atoms with van der Waals surface area (Å²) in [7, 11) is -1.68. The van der Waals surface area contributed by atoms with Crippen LogP contribution in [0.25, 0.3) is 10.9 Å². The van der Waals surface area contributed by atoms with Crippen LogP contribution in [-0.4, -0.2) is 24.2 Å². The second-order valence-corrected chi connectivity index (χ2v) is 9.05. The number of hydrogen-bond donors (Lipinski definition) is 2. The number of nitrogens with zero attached hydrogens (tertiary/aromatic N) is 2. The molecule has 2 N–H and O–H groups in total. The minimum Gasteiger partial charge on any atom is -0.481 e. The Balaban J connectivity index is 1.69. The summed E-state index contributed by atoms with van der Waals surface area (Å²) in [6.45, 7) is 5.73. The van der Waals surface area contributed by atoms with Crippen LogP contribution in [0.5, 0.6) is 0 Å². The van der Waals surface area contributed by atoms with Gasteiger partial charge in [-0.15, -0.1) is 0 Å². The summed E-state index contributed by atoms with van der Waals surface area (Å²) >= 11 is 0. The fraction of sp³-hybridized carbons (Fsp3) is 0.167. The number of halogens is 1. The predicted octanol–water partition coefficient (Wildman–Crippen LogP) is 5.04. The van der Waals surface area contributed by atoms with Crippen LogP contribution in [0.1, 0.15) is 22.4 Å². The predicted molar refractivity (Wildman–Crippen MR) is 123 cm³/mol. The molecule has 0 aliphatic carbocycles. The first-order valence-corrected chi connectivity index (χ1v) is 11.1. The van der Waals surface area contributed by atoms with E-state index in [0.29, 0.717) is 32.9 Å². The molecule has 2 aromatic carbocycles. The molecule has 0 bridgehead atoms. The summed E-state index contributed by atoms with van der Waals surface area (Å²) in [4.78, 5) is 16.2. The zero-order valence-electron chi connectivity index (χ0n) is 17.8. The molecular formula is C24H22FN3O3S. The highest BCUT2D eigenvalue weighted by atomic mass is 32.2. The molecule has 0 spiro atoms. The summed E-state index contributed by atoms with van der Waals surface area (Å²) in [5.74, 6) is -0.903. The standard InChI is InChI=1S/C24H22FN3O3S/c1-14-8-15(2)10-18(9-14)27-23-7-5-19(13-26-23)32(31)28-16(3)20(12-24(29)30)21-11-17(25)4-6-22(21)28/h4-11,13H,12H2,1-3H3,(H,26,27)(H,29,30). The maximum atomic E-state index is 13.8. The van der Waals surface area contributed by atoms with Crippen LogP contribution in [0.15, 0.2) is 59.6 Å². The Morgan fingerprint density at radius 1 is 1.09 bits per heavy atom. The maximum Gasteiger partial charge on any atom is 0.307 e. The zero-order chi connectivity index (χ0) is 23.0. The fourth-order valence-electron chi connectivity index (χ4n) is 3.87. The Hall–Kier alpha value is -3.52. The molecule has 6 nitrogen and oxygen atoms in total. The molecule has 4 rings (SSSR count). The molecule has 0 saturated heterocycles. The lowest BCUT2D eigenvalue weighted by Crippen LogP contribution is -2.09. The minimum atomic E-state index is -1.68. The fourth-order valence-corrected chi connectivity index (χ4v) is 5.11. The second-order valence-electron chi connectivity index (χ2n) is 7.72. The van der Waals surface area contributed by atoms with Gasteiger partial charge in [0.1, 0.15) is 11.6 Å². The van der Waals surface area contributed by atoms with E-state index < -0.39 is 22.8 Å². The van der Waals surface area contributed by atoms with Crippen molar-refractivity contribution in [3.05, 3.63) is 82.9 Å². The third-order valence-electron chi connectivity index (χ3n) is 5.17. The molecule has 4 aromatic rings. The van der Waals surface area contributed by atoms with Gasteiger partial charge in [0.05, 0.1) is 16.8 Å². The third kappa shape index (κ3) is 4.27. The molecule has 0 saturated carbocycles. The topological polar surface area (TPSA) is 84.2 Å². The number of nitrogens with one attached hydrogen (secondary N) is 1. The molecule has 0 aliphatic heterocycles. The van der Waals surface area contributed by atoms with Gasteiger partial charge in [0.25, 0.3) is 0 Å². The Kier molecular flexibility index (Phi) is 5.80. The minimum absolute atomic E-state index is 0.285. The Bertz CT molecular complexity index is 1340. The van der Waals surface area contributed by atoms with E-state index in [2.05, 4.69) is 16.4 Å². The number of anilines is 2. The van der Waals surface area contributed by atoms with E-state index in [0.717, 1.165) is 16.8 Å². The van der Waals surface area contributed by atoms with Crippen LogP contribution < -0.4 is 5.32 Å². The van der Waals surface area contributed by atoms with Gasteiger partial charge in [0.15, 0.2) is 11.0 Å². The van der Waals surface area contributed by atoms with E-state index in [-0.39, 0.29) is 6.42 Å². The van der Waals surface area contributed by atoms with E-state index in [1.54, 1.807) is 19.1 Å². The quantitative estimate of drug-likeness (QED) is 0.429. The molecule has 1 unspecified atom stereocenters. The van der Waals surface area contributed by atoms with Gasteiger partial charge in [0.2, 0.25) is 0 Å². The maximum absolute atomic E-state index is 13.8. The van der Waals surface area contributed by atoms with Gasteiger partial charge >= 0.3 is 5.97 Å². The first-order chi connectivity index (χ1) is 15.2. The third-order valence-corrected chi connectivity index (χ3v) is 6.62. The highest BCUT2D eigenvalue weighted by Crippen LogP contribution is 2.30. The number of aliphatic carboxylic acids is 1. The van der Waals surface area contributed by atoms with Crippen LogP contribution in [0.2, 0.25) is 0 Å². The van der Waals surface area contributed by atoms with E-state index >= 15 is 0 Å². The van der Waals surface area contributed by atoms with Gasteiger partial charge in [-0.1, -0.05) is 6.07 Å². The van der Waals surface area contributed by atoms with Crippen LogP contribution in [-0.2, 0) is 22.2 Å². The average molecular weight is 452 g/mol. The number of pyridine rings is 1. The zero-order valence-corrected chi connectivity index (χ0v) is 18.7. The number of carboxylic acids is 1. The number of rotatable bonds is 6. The molecule has 0 aliphatic rings. The van der Waals surface area contributed by atoms with Crippen molar-refractivity contribution in [2.75, 3.05) is 5.32 Å². The van der Waals surface area contributed by atoms with Crippen molar-refractivity contribution in [1.29, 1.82) is 0 Å². The van der Waals surface area contributed by atoms with Gasteiger partial charge < -0.3 is 10.4 Å². The molecule has 164 valence electrons. The first kappa shape index (κ1) is 21.7. The van der Waals surface area contributed by atoms with Crippen molar-refractivity contribution in [2.45, 2.75) is 32.1 Å². The first-order valence-electron chi connectivity index (χ1n) is 9.98. The van der Waals surface area contributed by atoms with E-state index in [9.17, 15) is 18.5 Å². The number of aromatic nitrogens is 2. The Morgan fingerprint density at radius 2 is 1.81 bits per heavy atom. The molecule has 1 atom stereocenters. The molecule has 0 fully saturated rings. The van der Waals surface area contributed by atoms with Crippen LogP contribution in [0.4, 0.5) is 15.9 Å². The van der Waals surface area contributed by atoms with Crippen molar-refractivity contribution in [2.24, 2.45) is 0 Å². The van der Waals surface area contributed by atoms with Gasteiger partial charge in [-0.2, -0.15) is 0 Å². The molecule has 0 radical (unpaired) electrons. The summed E-state index contributed by atoms with van der Waals surface area (Å²) in [6.07, 6.45) is 1.24. The lowest BCUT2D eigenvalue weighted by atomic mass is 10.1. The molecular weight excluding hydrogens is 429 g/mol. The van der Waals surface area contributed by atoms with Gasteiger partial charge in [-0.3, -0.25) is 8.77 Å². The summed E-state index contributed by atoms with van der Waals surface area (Å²) in [6, 6.07) is 13.6. The lowest BCUT2D eigenvalue weighted by molar-refractivity contribution is -0.136. The SMILES string of the molecule is Cc1cc(C)cc(Nc2ccc(S(=O)n3c(C)c(CC(=O)O)c4cc(F)ccc43)cn2)c1. The van der Waals surface area contributed by atoms with E-state index in [1.165, 1.54) is 28.4 Å². The van der Waals surface area contributed by atoms with Crippen molar-refractivity contribution in [3.63, 3.8) is 0 Å². The molecule has 2 aromatic heterocycles. The number of carboxylic acid groups (broad SMARTS) is 1. The normalized spacial score (nSPS) is 12.1. The number of aryl methyl sites for hydroxylation is 2. The van der Waals surface area contributed by atoms with E-state index in [1.807, 2.05) is 26.0 Å². The average Bonchev–Trinajstić information content (AvgIpc) is 2.98. The largest absolute Gasteiger partial charge is 0.481 e. The van der Waals surface area contributed by atoms with Crippen molar-refractivity contribution in [1.82, 2.24) is 8.96 Å². The molecule has 0 amide bonds. The highest BCUT2D eigenvalue weighted by Gasteiger charge is 2.21. The Morgan fingerprint density at radius 3 is 2.44 bits per heavy atom. The second kappa shape index (κ2) is 8.55. The monoisotopic (exact) mass is 451 g/mol. The van der Waals surface area contributed by atoms with Crippen molar-refractivity contribution < 1.29 is 18.5 Å². The van der Waals surface area contributed by atoms with Gasteiger partial charge in [-0.05, 0) is 79.9 Å². The van der Waals surface area contributed by atoms with Gasteiger partial charge in [-0.25, -0.2) is 13.6 Å². The highest BCUT2D eigenvalue weighted by molar-refractivity contribution is 7.83. The summed E-state index contributed by atoms with van der Waals surface area (Å²) in [5, 5.41) is 13.0. The smallest absolute Gasteiger partial charge is 0.307 e. The number of benzene rings is 2. The lowest BCUT2D eigenvalue weighted by Gasteiger charge is -2.10. The molecule has 8 heteroatoms.